The first-order valence-corrected chi connectivity index (χ1v) is 2.97. The summed E-state index contributed by atoms with van der Waals surface area (Å²) in [6, 6.07) is 0. The predicted molar refractivity (Wildman–Crippen MR) is 30.5 cm³/mol. The summed E-state index contributed by atoms with van der Waals surface area (Å²) in [4.78, 5) is 10.3. The Bertz CT molecular complexity index is 162. The van der Waals surface area contributed by atoms with Crippen LogP contribution in [0.5, 0.6) is 0 Å². The fraction of sp³-hybridized carbons (Fsp3) is 0.750. The van der Waals surface area contributed by atoms with Crippen LogP contribution in [0.3, 0.4) is 0 Å². The summed E-state index contributed by atoms with van der Waals surface area (Å²) in [5.41, 5.74) is 0. The van der Waals surface area contributed by atoms with Crippen LogP contribution in [0.15, 0.2) is 0 Å². The Morgan fingerprint density at radius 3 is 2.18 bits per heavy atom. The van der Waals surface area contributed by atoms with Crippen LogP contribution in [-0.4, -0.2) is 19.4 Å². The van der Waals surface area contributed by atoms with Crippen molar-refractivity contribution in [1.29, 1.82) is 0 Å². The third-order valence-electron chi connectivity index (χ3n) is 1.54. The molecule has 1 aliphatic heterocycles. The second-order valence-electron chi connectivity index (χ2n) is 2.39. The predicted octanol–water partition coefficient (Wildman–Crippen LogP) is -2.27. The SMILES string of the molecule is O=C1CC([B-](F)(F)F)CN1.[K+]. The van der Waals surface area contributed by atoms with Crippen molar-refractivity contribution in [1.82, 2.24) is 5.32 Å². The molecule has 1 saturated heterocycles. The van der Waals surface area contributed by atoms with E-state index in [1.54, 1.807) is 0 Å². The largest absolute Gasteiger partial charge is 1.00 e. The molecule has 1 N–H and O–H groups in total. The minimum atomic E-state index is -4.82. The minimum Gasteiger partial charge on any atom is -0.449 e. The number of nitrogens with one attached hydrogen (secondary N) is 1. The molecule has 7 heteroatoms. The number of carbonyl (C=O) groups excluding carboxylic acids is 1. The molecular weight excluding hydrogens is 185 g/mol. The normalized spacial score (nSPS) is 24.3. The number of carbonyl (C=O) groups is 1. The van der Waals surface area contributed by atoms with Crippen LogP contribution in [-0.2, 0) is 4.79 Å². The molecule has 58 valence electrons. The second kappa shape index (κ2) is 4.27. The molecule has 1 rings (SSSR count). The average molecular weight is 191 g/mol. The molecule has 0 aromatic carbocycles. The third-order valence-corrected chi connectivity index (χ3v) is 1.54. The van der Waals surface area contributed by atoms with Crippen LogP contribution in [0.4, 0.5) is 12.9 Å². The van der Waals surface area contributed by atoms with Gasteiger partial charge in [0.05, 0.1) is 0 Å². The second-order valence-corrected chi connectivity index (χ2v) is 2.39. The van der Waals surface area contributed by atoms with Crippen LogP contribution < -0.4 is 56.7 Å². The molecule has 1 amide bonds. The van der Waals surface area contributed by atoms with Crippen molar-refractivity contribution in [2.24, 2.45) is 0 Å². The van der Waals surface area contributed by atoms with Gasteiger partial charge in [0, 0.05) is 6.42 Å². The van der Waals surface area contributed by atoms with E-state index in [0.717, 1.165) is 0 Å². The number of hydrogen-bond acceptors (Lipinski definition) is 1. The molecule has 0 bridgehead atoms. The summed E-state index contributed by atoms with van der Waals surface area (Å²) in [6.45, 7) is -5.05. The van der Waals surface area contributed by atoms with Crippen molar-refractivity contribution >= 4 is 12.9 Å². The molecule has 1 unspecified atom stereocenters. The van der Waals surface area contributed by atoms with Gasteiger partial charge in [-0.25, -0.2) is 0 Å². The maximum Gasteiger partial charge on any atom is 1.00 e. The van der Waals surface area contributed by atoms with Crippen LogP contribution in [0.25, 0.3) is 0 Å². The van der Waals surface area contributed by atoms with Gasteiger partial charge in [0.2, 0.25) is 5.91 Å². The third kappa shape index (κ3) is 3.46. The molecule has 0 aromatic rings. The van der Waals surface area contributed by atoms with Gasteiger partial charge in [0.1, 0.15) is 0 Å². The van der Waals surface area contributed by atoms with Gasteiger partial charge in [0.25, 0.3) is 0 Å². The van der Waals surface area contributed by atoms with Crippen molar-refractivity contribution in [3.8, 4) is 0 Å². The molecule has 0 spiro atoms. The van der Waals surface area contributed by atoms with Gasteiger partial charge in [-0.2, -0.15) is 0 Å². The summed E-state index contributed by atoms with van der Waals surface area (Å²) in [5, 5.41) is 2.13. The number of rotatable bonds is 1. The Morgan fingerprint density at radius 1 is 1.45 bits per heavy atom. The van der Waals surface area contributed by atoms with Crippen molar-refractivity contribution in [3.05, 3.63) is 0 Å². The van der Waals surface area contributed by atoms with Crippen molar-refractivity contribution < 1.29 is 69.1 Å². The zero-order chi connectivity index (χ0) is 7.78. The Hall–Kier alpha value is 0.961. The Balaban J connectivity index is 0.000001000. The number of amides is 1. The quantitative estimate of drug-likeness (QED) is 0.465. The fourth-order valence-corrected chi connectivity index (χ4v) is 0.895. The number of hydrogen-bond donors (Lipinski definition) is 1. The smallest absolute Gasteiger partial charge is 0.449 e. The minimum absolute atomic E-state index is 0. The summed E-state index contributed by atoms with van der Waals surface area (Å²) in [6.07, 6.45) is -0.385. The molecule has 0 aliphatic carbocycles. The fourth-order valence-electron chi connectivity index (χ4n) is 0.895. The van der Waals surface area contributed by atoms with E-state index in [2.05, 4.69) is 5.32 Å². The zero-order valence-corrected chi connectivity index (χ0v) is 9.23. The van der Waals surface area contributed by atoms with Crippen LogP contribution in [0, 0.1) is 0 Å². The maximum absolute atomic E-state index is 11.8. The van der Waals surface area contributed by atoms with E-state index < -0.39 is 18.7 Å². The molecule has 11 heavy (non-hydrogen) atoms. The molecule has 0 saturated carbocycles. The van der Waals surface area contributed by atoms with Crippen molar-refractivity contribution in [2.75, 3.05) is 6.54 Å². The van der Waals surface area contributed by atoms with E-state index in [1.807, 2.05) is 0 Å². The maximum atomic E-state index is 11.8. The molecule has 1 aliphatic rings. The number of halogens is 3. The molecule has 1 heterocycles. The van der Waals surface area contributed by atoms with E-state index in [9.17, 15) is 17.7 Å². The Kier molecular flexibility index (Phi) is 4.64. The van der Waals surface area contributed by atoms with E-state index >= 15 is 0 Å². The molecule has 0 aromatic heterocycles. The summed E-state index contributed by atoms with van der Waals surface area (Å²) in [7, 11) is 0. The van der Waals surface area contributed by atoms with Gasteiger partial charge in [-0.3, -0.25) is 4.79 Å². The van der Waals surface area contributed by atoms with Gasteiger partial charge in [0.15, 0.2) is 0 Å². The first-order chi connectivity index (χ1) is 4.50. The Morgan fingerprint density at radius 2 is 2.00 bits per heavy atom. The van der Waals surface area contributed by atoms with Crippen molar-refractivity contribution in [2.45, 2.75) is 12.2 Å². The van der Waals surface area contributed by atoms with Gasteiger partial charge in [-0.1, -0.05) is 0 Å². The van der Waals surface area contributed by atoms with Gasteiger partial charge in [-0.15, -0.1) is 0 Å². The van der Waals surface area contributed by atoms with E-state index in [4.69, 9.17) is 0 Å². The van der Waals surface area contributed by atoms with E-state index in [0.29, 0.717) is 0 Å². The summed E-state index contributed by atoms with van der Waals surface area (Å²) < 4.78 is 35.4. The molecule has 1 atom stereocenters. The summed E-state index contributed by atoms with van der Waals surface area (Å²) in [5.74, 6) is -1.91. The van der Waals surface area contributed by atoms with Crippen molar-refractivity contribution in [3.63, 3.8) is 0 Å². The first-order valence-electron chi connectivity index (χ1n) is 2.97. The zero-order valence-electron chi connectivity index (χ0n) is 6.11. The molecule has 0 radical (unpaired) electrons. The summed E-state index contributed by atoms with van der Waals surface area (Å²) >= 11 is 0. The van der Waals surface area contributed by atoms with E-state index in [1.165, 1.54) is 0 Å². The van der Waals surface area contributed by atoms with Gasteiger partial charge in [-0.05, 0) is 12.4 Å². The van der Waals surface area contributed by atoms with Crippen LogP contribution >= 0.6 is 0 Å². The molecule has 2 nitrogen and oxygen atoms in total. The van der Waals surface area contributed by atoms with Crippen LogP contribution in [0.1, 0.15) is 6.42 Å². The average Bonchev–Trinajstić information content (AvgIpc) is 2.11. The van der Waals surface area contributed by atoms with Gasteiger partial charge < -0.3 is 18.3 Å². The van der Waals surface area contributed by atoms with Crippen LogP contribution in [0.2, 0.25) is 5.82 Å². The van der Waals surface area contributed by atoms with E-state index in [-0.39, 0.29) is 64.4 Å². The monoisotopic (exact) mass is 191 g/mol. The first kappa shape index (κ1) is 12.0. The molecule has 1 fully saturated rings. The topological polar surface area (TPSA) is 29.1 Å². The van der Waals surface area contributed by atoms with Gasteiger partial charge >= 0.3 is 58.4 Å². The molecular formula is C4H6BF3KNO. The standard InChI is InChI=1S/C4H6BF3NO.K/c6-5(7,8)3-1-4(10)9-2-3;/h3H,1-2H2,(H,9,10);/q-1;+1. The Labute approximate surface area is 105 Å².